The van der Waals surface area contributed by atoms with Crippen molar-refractivity contribution in [2.24, 2.45) is 0 Å². The van der Waals surface area contributed by atoms with E-state index >= 15 is 0 Å². The fourth-order valence-electron chi connectivity index (χ4n) is 12.2. The van der Waals surface area contributed by atoms with Crippen molar-refractivity contribution in [3.63, 3.8) is 0 Å². The molecule has 0 bridgehead atoms. The first-order valence-electron chi connectivity index (χ1n) is 35.9. The van der Waals surface area contributed by atoms with Crippen LogP contribution in [0.1, 0.15) is 335 Å². The third-order valence-corrected chi connectivity index (χ3v) is 18.0. The number of ether oxygens (including phenoxy) is 4. The van der Waals surface area contributed by atoms with E-state index in [1.807, 2.05) is 0 Å². The van der Waals surface area contributed by atoms with Crippen molar-refractivity contribution >= 4 is 5.91 Å². The van der Waals surface area contributed by atoms with Crippen molar-refractivity contribution in [3.05, 3.63) is 12.2 Å². The van der Waals surface area contributed by atoms with Crippen LogP contribution in [0.15, 0.2) is 12.2 Å². The van der Waals surface area contributed by atoms with E-state index in [1.165, 1.54) is 257 Å². The lowest BCUT2D eigenvalue weighted by Gasteiger charge is -2.46. The van der Waals surface area contributed by atoms with Gasteiger partial charge in [-0.05, 0) is 38.5 Å². The molecule has 0 spiro atoms. The Kier molecular flexibility index (Phi) is 52.3. The Hall–Kier alpha value is -1.27. The number of amides is 1. The zero-order chi connectivity index (χ0) is 60.9. The molecule has 2 heterocycles. The van der Waals surface area contributed by atoms with E-state index in [-0.39, 0.29) is 12.5 Å². The molecule has 2 rings (SSSR count). The first-order chi connectivity index (χ1) is 41.1. The fourth-order valence-corrected chi connectivity index (χ4v) is 12.2. The number of aliphatic hydroxyl groups is 8. The molecule has 14 nitrogen and oxygen atoms in total. The maximum Gasteiger partial charge on any atom is 0.220 e. The molecule has 12 unspecified atom stereocenters. The number of hydrogen-bond donors (Lipinski definition) is 9. The molecule has 84 heavy (non-hydrogen) atoms. The SMILES string of the molecule is CCCCCCCC/C=C\CCCCCCCCCCCC(=O)NC(COC1OC(CO)C(OC2OC(CO)C(O)C(O)C2O)C(O)C1O)C(O)CCCCCCCCCCCCCCCCCCCCCCCCCCCCCCCCC. The average molecular weight is 1200 g/mol. The van der Waals surface area contributed by atoms with Crippen molar-refractivity contribution in [1.29, 1.82) is 0 Å². The van der Waals surface area contributed by atoms with Gasteiger partial charge in [-0.15, -0.1) is 0 Å². The van der Waals surface area contributed by atoms with E-state index in [9.17, 15) is 45.6 Å². The van der Waals surface area contributed by atoms with Crippen molar-refractivity contribution < 1.29 is 64.6 Å². The molecule has 2 saturated heterocycles. The first-order valence-corrected chi connectivity index (χ1v) is 35.9. The van der Waals surface area contributed by atoms with E-state index in [1.54, 1.807) is 0 Å². The second-order valence-corrected chi connectivity index (χ2v) is 25.7. The minimum atomic E-state index is -1.78. The predicted octanol–water partition coefficient (Wildman–Crippen LogP) is 14.6. The molecule has 1 amide bonds. The summed E-state index contributed by atoms with van der Waals surface area (Å²) in [5.74, 6) is -0.203. The van der Waals surface area contributed by atoms with Gasteiger partial charge in [0.1, 0.15) is 48.8 Å². The lowest BCUT2D eigenvalue weighted by atomic mass is 9.97. The van der Waals surface area contributed by atoms with E-state index in [0.717, 1.165) is 51.4 Å². The molecule has 9 N–H and O–H groups in total. The summed E-state index contributed by atoms with van der Waals surface area (Å²) in [5.41, 5.74) is 0. The van der Waals surface area contributed by atoms with E-state index in [0.29, 0.717) is 12.8 Å². The molecule has 0 aliphatic carbocycles. The van der Waals surface area contributed by atoms with Gasteiger partial charge in [0, 0.05) is 6.42 Å². The zero-order valence-corrected chi connectivity index (χ0v) is 54.2. The first kappa shape index (κ1) is 78.8. The average Bonchev–Trinajstić information content (AvgIpc) is 3.62. The Morgan fingerprint density at radius 1 is 0.417 bits per heavy atom. The van der Waals surface area contributed by atoms with Gasteiger partial charge < -0.3 is 65.1 Å². The standard InChI is InChI=1S/C70H135NO13/c1-3-5-7-9-11-13-15-17-19-21-23-24-25-26-27-28-29-30-31-32-33-34-36-37-39-41-43-45-47-49-51-53-59(74)58(71-62(75)54-52-50-48-46-44-42-40-38-35-22-20-18-16-14-12-10-8-6-4-2)57-81-69-67(80)65(78)68(61(56-73)83-69)84-70-66(79)64(77)63(76)60(55-72)82-70/h18,20,58-61,63-70,72-74,76-80H,3-17,19,21-57H2,1-2H3,(H,71,75)/b20-18-. The summed E-state index contributed by atoms with van der Waals surface area (Å²) in [6.45, 7) is 2.91. The topological polar surface area (TPSA) is 228 Å². The number of allylic oxidation sites excluding steroid dienone is 2. The summed E-state index contributed by atoms with van der Waals surface area (Å²) in [6, 6.07) is -0.828. The number of carbonyl (C=O) groups excluding carboxylic acids is 1. The molecule has 0 aromatic heterocycles. The number of carbonyl (C=O) groups is 1. The third kappa shape index (κ3) is 39.7. The Labute approximate surface area is 514 Å². The summed E-state index contributed by atoms with van der Waals surface area (Å²) in [7, 11) is 0. The number of nitrogens with one attached hydrogen (secondary N) is 1. The number of aliphatic hydroxyl groups excluding tert-OH is 8. The summed E-state index contributed by atoms with van der Waals surface area (Å²) in [4.78, 5) is 13.3. The zero-order valence-electron chi connectivity index (χ0n) is 54.2. The summed E-state index contributed by atoms with van der Waals surface area (Å²) >= 11 is 0. The normalized spacial score (nSPS) is 23.6. The van der Waals surface area contributed by atoms with Crippen LogP contribution in [0, 0.1) is 0 Å². The van der Waals surface area contributed by atoms with Gasteiger partial charge in [0.15, 0.2) is 12.6 Å². The molecule has 14 heteroatoms. The Morgan fingerprint density at radius 3 is 1.13 bits per heavy atom. The molecule has 2 aliphatic rings. The van der Waals surface area contributed by atoms with Crippen LogP contribution in [0.5, 0.6) is 0 Å². The van der Waals surface area contributed by atoms with Crippen molar-refractivity contribution in [3.8, 4) is 0 Å². The second kappa shape index (κ2) is 55.8. The molecular weight excluding hydrogens is 1060 g/mol. The summed E-state index contributed by atoms with van der Waals surface area (Å²) < 4.78 is 22.9. The lowest BCUT2D eigenvalue weighted by molar-refractivity contribution is -0.359. The maximum atomic E-state index is 13.3. The Balaban J connectivity index is 1.64. The monoisotopic (exact) mass is 1200 g/mol. The van der Waals surface area contributed by atoms with E-state index in [2.05, 4.69) is 31.3 Å². The second-order valence-electron chi connectivity index (χ2n) is 25.7. The van der Waals surface area contributed by atoms with Gasteiger partial charge >= 0.3 is 0 Å². The highest BCUT2D eigenvalue weighted by Crippen LogP contribution is 2.30. The summed E-state index contributed by atoms with van der Waals surface area (Å²) in [6.07, 6.45) is 50.9. The van der Waals surface area contributed by atoms with Crippen molar-refractivity contribution in [2.75, 3.05) is 19.8 Å². The van der Waals surface area contributed by atoms with Crippen LogP contribution in [-0.4, -0.2) is 140 Å². The molecular formula is C70H135NO13. The third-order valence-electron chi connectivity index (χ3n) is 18.0. The number of hydrogen-bond acceptors (Lipinski definition) is 13. The highest BCUT2D eigenvalue weighted by atomic mass is 16.7. The van der Waals surface area contributed by atoms with Crippen molar-refractivity contribution in [1.82, 2.24) is 5.32 Å². The van der Waals surface area contributed by atoms with Gasteiger partial charge in [0.25, 0.3) is 0 Å². The highest BCUT2D eigenvalue weighted by Gasteiger charge is 2.51. The van der Waals surface area contributed by atoms with Crippen molar-refractivity contribution in [2.45, 2.75) is 408 Å². The summed E-state index contributed by atoms with van der Waals surface area (Å²) in [5, 5.41) is 87.6. The van der Waals surface area contributed by atoms with Gasteiger partial charge in [-0.1, -0.05) is 302 Å². The molecule has 0 radical (unpaired) electrons. The molecule has 12 atom stereocenters. The molecule has 0 aromatic carbocycles. The van der Waals surface area contributed by atoms with Gasteiger partial charge in [0.2, 0.25) is 5.91 Å². The molecule has 0 saturated carbocycles. The highest BCUT2D eigenvalue weighted by molar-refractivity contribution is 5.76. The van der Waals surface area contributed by atoms with Crippen LogP contribution in [-0.2, 0) is 23.7 Å². The van der Waals surface area contributed by atoms with Crippen LogP contribution in [0.25, 0.3) is 0 Å². The van der Waals surface area contributed by atoms with Crippen LogP contribution in [0.2, 0.25) is 0 Å². The van der Waals surface area contributed by atoms with Gasteiger partial charge in [-0.2, -0.15) is 0 Å². The van der Waals surface area contributed by atoms with Gasteiger partial charge in [0.05, 0.1) is 32.0 Å². The van der Waals surface area contributed by atoms with E-state index in [4.69, 9.17) is 18.9 Å². The minimum Gasteiger partial charge on any atom is -0.394 e. The fraction of sp³-hybridized carbons (Fsp3) is 0.957. The Morgan fingerprint density at radius 2 is 0.750 bits per heavy atom. The Bertz CT molecular complexity index is 1460. The minimum absolute atomic E-state index is 0.203. The quantitative estimate of drug-likeness (QED) is 0.0204. The van der Waals surface area contributed by atoms with Crippen LogP contribution in [0.4, 0.5) is 0 Å². The van der Waals surface area contributed by atoms with E-state index < -0.39 is 86.8 Å². The van der Waals surface area contributed by atoms with Gasteiger partial charge in [-0.3, -0.25) is 4.79 Å². The molecule has 2 fully saturated rings. The van der Waals surface area contributed by atoms with Crippen LogP contribution in [0.3, 0.4) is 0 Å². The molecule has 2 aliphatic heterocycles. The number of unbranched alkanes of at least 4 members (excludes halogenated alkanes) is 45. The smallest absolute Gasteiger partial charge is 0.220 e. The van der Waals surface area contributed by atoms with Gasteiger partial charge in [-0.25, -0.2) is 0 Å². The molecule has 498 valence electrons. The number of rotatable bonds is 60. The maximum absolute atomic E-state index is 13.3. The molecule has 0 aromatic rings. The van der Waals surface area contributed by atoms with Crippen LogP contribution < -0.4 is 5.32 Å². The largest absolute Gasteiger partial charge is 0.394 e. The van der Waals surface area contributed by atoms with Crippen LogP contribution >= 0.6 is 0 Å². The lowest BCUT2D eigenvalue weighted by Crippen LogP contribution is -2.65. The predicted molar refractivity (Wildman–Crippen MR) is 342 cm³/mol.